The van der Waals surface area contributed by atoms with Gasteiger partial charge < -0.3 is 10.2 Å². The Hall–Kier alpha value is -3.28. The Morgan fingerprint density at radius 2 is 1.72 bits per heavy atom. The van der Waals surface area contributed by atoms with Gasteiger partial charge in [-0.25, -0.2) is 0 Å². The Bertz CT molecular complexity index is 1030. The van der Waals surface area contributed by atoms with E-state index in [-0.39, 0.29) is 5.69 Å². The second-order valence-corrected chi connectivity index (χ2v) is 7.03. The van der Waals surface area contributed by atoms with E-state index in [0.717, 1.165) is 37.2 Å². The smallest absolute Gasteiger partial charge is 0.367 e. The van der Waals surface area contributed by atoms with Crippen molar-refractivity contribution in [2.45, 2.75) is 19.1 Å². The van der Waals surface area contributed by atoms with Crippen molar-refractivity contribution in [3.8, 4) is 0 Å². The number of carbonyl (C=O) groups is 1. The number of nitrogens with one attached hydrogen (secondary N) is 1. The first-order valence-electron chi connectivity index (χ1n) is 9.30. The lowest BCUT2D eigenvalue weighted by Crippen LogP contribution is -2.19. The Morgan fingerprint density at radius 1 is 0.966 bits per heavy atom. The zero-order valence-corrected chi connectivity index (χ0v) is 15.5. The molecule has 0 fully saturated rings. The van der Waals surface area contributed by atoms with Crippen molar-refractivity contribution in [2.24, 2.45) is 0 Å². The molecule has 148 valence electrons. The molecule has 1 N–H and O–H groups in total. The fourth-order valence-electron chi connectivity index (χ4n) is 3.53. The van der Waals surface area contributed by atoms with Gasteiger partial charge in [0.2, 0.25) is 0 Å². The Balaban J connectivity index is 1.42. The van der Waals surface area contributed by atoms with Gasteiger partial charge in [-0.2, -0.15) is 13.2 Å². The first-order valence-corrected chi connectivity index (χ1v) is 9.30. The number of alkyl halides is 3. The molecule has 1 heterocycles. The summed E-state index contributed by atoms with van der Waals surface area (Å²) in [6.07, 6.45) is -3.43. The van der Waals surface area contributed by atoms with Crippen LogP contribution in [0.5, 0.6) is 0 Å². The van der Waals surface area contributed by atoms with E-state index < -0.39 is 17.6 Å². The predicted octanol–water partition coefficient (Wildman–Crippen LogP) is 5.52. The molecule has 0 aliphatic carbocycles. The number of fused-ring (bicyclic) bond motifs is 1. The highest BCUT2D eigenvalue weighted by Gasteiger charge is 2.30. The zero-order valence-electron chi connectivity index (χ0n) is 15.5. The lowest BCUT2D eigenvalue weighted by molar-refractivity contribution is -0.137. The Labute approximate surface area is 166 Å². The molecule has 0 aromatic heterocycles. The standard InChI is InChI=1S/C23H19F3N2O/c24-23(25,26)19-5-3-6-20(14-19)27-22(29)18-10-8-16(9-11-18)15-28-13-12-17-4-1-2-7-21(17)28/h1-11,14H,12-13,15H2,(H,27,29). The lowest BCUT2D eigenvalue weighted by Gasteiger charge is -2.19. The van der Waals surface area contributed by atoms with Crippen LogP contribution in [0.4, 0.5) is 24.5 Å². The minimum Gasteiger partial charge on any atom is -0.367 e. The van der Waals surface area contributed by atoms with Gasteiger partial charge in [0.05, 0.1) is 5.56 Å². The van der Waals surface area contributed by atoms with Gasteiger partial charge in [-0.3, -0.25) is 4.79 Å². The highest BCUT2D eigenvalue weighted by molar-refractivity contribution is 6.04. The van der Waals surface area contributed by atoms with Gasteiger partial charge in [-0.1, -0.05) is 36.4 Å². The average Bonchev–Trinajstić information content (AvgIpc) is 3.11. The molecule has 1 amide bonds. The number of para-hydroxylation sites is 1. The van der Waals surface area contributed by atoms with Crippen molar-refractivity contribution < 1.29 is 18.0 Å². The first kappa shape index (κ1) is 19.1. The van der Waals surface area contributed by atoms with Crippen LogP contribution in [0.2, 0.25) is 0 Å². The third-order valence-electron chi connectivity index (χ3n) is 5.02. The maximum atomic E-state index is 12.8. The van der Waals surface area contributed by atoms with Crippen LogP contribution < -0.4 is 10.2 Å². The van der Waals surface area contributed by atoms with Gasteiger partial charge in [0.15, 0.2) is 0 Å². The lowest BCUT2D eigenvalue weighted by atomic mass is 10.1. The van der Waals surface area contributed by atoms with Crippen molar-refractivity contribution in [3.63, 3.8) is 0 Å². The van der Waals surface area contributed by atoms with Crippen molar-refractivity contribution >= 4 is 17.3 Å². The van der Waals surface area contributed by atoms with Crippen molar-refractivity contribution in [1.29, 1.82) is 0 Å². The van der Waals surface area contributed by atoms with E-state index in [1.165, 1.54) is 23.4 Å². The van der Waals surface area contributed by atoms with Crippen molar-refractivity contribution in [2.75, 3.05) is 16.8 Å². The van der Waals surface area contributed by atoms with E-state index in [1.54, 1.807) is 12.1 Å². The van der Waals surface area contributed by atoms with Crippen molar-refractivity contribution in [1.82, 2.24) is 0 Å². The maximum Gasteiger partial charge on any atom is 0.416 e. The number of anilines is 2. The molecule has 0 saturated carbocycles. The molecule has 3 aromatic carbocycles. The van der Waals surface area contributed by atoms with Crippen LogP contribution in [-0.2, 0) is 19.1 Å². The summed E-state index contributed by atoms with van der Waals surface area (Å²) in [6.45, 7) is 1.70. The molecule has 6 heteroatoms. The van der Waals surface area contributed by atoms with Gasteiger partial charge in [-0.15, -0.1) is 0 Å². The molecule has 1 aliphatic rings. The molecule has 29 heavy (non-hydrogen) atoms. The molecule has 1 aliphatic heterocycles. The number of benzene rings is 3. The predicted molar refractivity (Wildman–Crippen MR) is 107 cm³/mol. The average molecular weight is 396 g/mol. The maximum absolute atomic E-state index is 12.8. The molecule has 4 rings (SSSR count). The van der Waals surface area contributed by atoms with E-state index in [0.29, 0.717) is 5.56 Å². The van der Waals surface area contributed by atoms with Crippen LogP contribution in [0.15, 0.2) is 72.8 Å². The third kappa shape index (κ3) is 4.26. The van der Waals surface area contributed by atoms with Gasteiger partial charge in [0.1, 0.15) is 0 Å². The Morgan fingerprint density at radius 3 is 2.48 bits per heavy atom. The van der Waals surface area contributed by atoms with Crippen LogP contribution in [-0.4, -0.2) is 12.5 Å². The summed E-state index contributed by atoms with van der Waals surface area (Å²) in [5, 5.41) is 2.53. The number of rotatable bonds is 4. The first-order chi connectivity index (χ1) is 13.9. The second-order valence-electron chi connectivity index (χ2n) is 7.03. The van der Waals surface area contributed by atoms with Gasteiger partial charge in [0, 0.05) is 30.0 Å². The number of hydrogen-bond acceptors (Lipinski definition) is 2. The van der Waals surface area contributed by atoms with E-state index in [2.05, 4.69) is 22.3 Å². The molecule has 0 saturated heterocycles. The van der Waals surface area contributed by atoms with E-state index in [1.807, 2.05) is 24.3 Å². The van der Waals surface area contributed by atoms with Crippen LogP contribution in [0, 0.1) is 0 Å². The van der Waals surface area contributed by atoms with Gasteiger partial charge in [0.25, 0.3) is 5.91 Å². The van der Waals surface area contributed by atoms with Crippen LogP contribution >= 0.6 is 0 Å². The van der Waals surface area contributed by atoms with Crippen LogP contribution in [0.1, 0.15) is 27.0 Å². The van der Waals surface area contributed by atoms with E-state index in [4.69, 9.17) is 0 Å². The number of carbonyl (C=O) groups excluding carboxylic acids is 1. The fraction of sp³-hybridized carbons (Fsp3) is 0.174. The molecular weight excluding hydrogens is 377 g/mol. The summed E-state index contributed by atoms with van der Waals surface area (Å²) in [5.41, 5.74) is 3.35. The summed E-state index contributed by atoms with van der Waals surface area (Å²) < 4.78 is 38.4. The quantitative estimate of drug-likeness (QED) is 0.630. The number of halogens is 3. The largest absolute Gasteiger partial charge is 0.416 e. The van der Waals surface area contributed by atoms with Gasteiger partial charge >= 0.3 is 6.18 Å². The molecule has 0 bridgehead atoms. The number of nitrogens with zero attached hydrogens (tertiary/aromatic N) is 1. The van der Waals surface area contributed by atoms with E-state index in [9.17, 15) is 18.0 Å². The molecular formula is C23H19F3N2O. The zero-order chi connectivity index (χ0) is 20.4. The summed E-state index contributed by atoms with van der Waals surface area (Å²) >= 11 is 0. The third-order valence-corrected chi connectivity index (χ3v) is 5.02. The number of hydrogen-bond donors (Lipinski definition) is 1. The van der Waals surface area contributed by atoms with Crippen LogP contribution in [0.25, 0.3) is 0 Å². The summed E-state index contributed by atoms with van der Waals surface area (Å²) in [4.78, 5) is 14.7. The topological polar surface area (TPSA) is 32.3 Å². The Kier molecular flexibility index (Phi) is 5.01. The molecule has 0 spiro atoms. The molecule has 3 nitrogen and oxygen atoms in total. The number of amides is 1. The SMILES string of the molecule is O=C(Nc1cccc(C(F)(F)F)c1)c1ccc(CN2CCc3ccccc32)cc1. The highest BCUT2D eigenvalue weighted by atomic mass is 19.4. The van der Waals surface area contributed by atoms with Crippen LogP contribution in [0.3, 0.4) is 0 Å². The molecule has 0 atom stereocenters. The molecule has 0 radical (unpaired) electrons. The molecule has 0 unspecified atom stereocenters. The summed E-state index contributed by atoms with van der Waals surface area (Å²) in [6, 6.07) is 20.1. The summed E-state index contributed by atoms with van der Waals surface area (Å²) in [7, 11) is 0. The highest BCUT2D eigenvalue weighted by Crippen LogP contribution is 2.31. The minimum absolute atomic E-state index is 0.113. The minimum atomic E-state index is -4.45. The van der Waals surface area contributed by atoms with E-state index >= 15 is 0 Å². The normalized spacial score (nSPS) is 13.3. The second kappa shape index (κ2) is 7.62. The molecule has 3 aromatic rings. The summed E-state index contributed by atoms with van der Waals surface area (Å²) in [5.74, 6) is -0.442. The monoisotopic (exact) mass is 396 g/mol. The van der Waals surface area contributed by atoms with Crippen molar-refractivity contribution in [3.05, 3.63) is 95.1 Å². The fourth-order valence-corrected chi connectivity index (χ4v) is 3.53. The van der Waals surface area contributed by atoms with Gasteiger partial charge in [-0.05, 0) is 53.9 Å².